The lowest BCUT2D eigenvalue weighted by Gasteiger charge is -2.32. The highest BCUT2D eigenvalue weighted by Gasteiger charge is 2.44. The molecule has 2 aliphatic carbocycles. The second-order valence-electron chi connectivity index (χ2n) is 4.09. The van der Waals surface area contributed by atoms with E-state index in [0.29, 0.717) is 5.78 Å². The van der Waals surface area contributed by atoms with Crippen molar-refractivity contribution in [3.63, 3.8) is 0 Å². The molecule has 2 rings (SSSR count). The second-order valence-corrected chi connectivity index (χ2v) is 4.09. The highest BCUT2D eigenvalue weighted by molar-refractivity contribution is 5.88. The number of rotatable bonds is 0. The van der Waals surface area contributed by atoms with Gasteiger partial charge in [0.2, 0.25) is 0 Å². The van der Waals surface area contributed by atoms with Gasteiger partial charge in [0.15, 0.2) is 0 Å². The maximum Gasteiger partial charge on any atom is 0.143 e. The van der Waals surface area contributed by atoms with Crippen LogP contribution < -0.4 is 0 Å². The third kappa shape index (κ3) is 0.954. The third-order valence-corrected chi connectivity index (χ3v) is 3.46. The molecule has 0 aliphatic heterocycles. The highest BCUT2D eigenvalue weighted by atomic mass is 16.1. The van der Waals surface area contributed by atoms with Crippen molar-refractivity contribution >= 4 is 5.78 Å². The summed E-state index contributed by atoms with van der Waals surface area (Å²) in [5.74, 6) is 0.412. The average Bonchev–Trinajstić information content (AvgIpc) is 2.55. The van der Waals surface area contributed by atoms with E-state index in [1.807, 2.05) is 0 Å². The van der Waals surface area contributed by atoms with E-state index in [9.17, 15) is 4.79 Å². The monoisotopic (exact) mass is 165 g/mol. The van der Waals surface area contributed by atoms with Crippen molar-refractivity contribution in [2.75, 3.05) is 0 Å². The zero-order valence-corrected chi connectivity index (χ0v) is 7.44. The fourth-order valence-corrected chi connectivity index (χ4v) is 2.68. The molecule has 0 bridgehead atoms. The summed E-state index contributed by atoms with van der Waals surface area (Å²) in [6, 6.07) is 0. The summed E-state index contributed by atoms with van der Waals surface area (Å²) < 4.78 is 7.34. The molecule has 2 saturated carbocycles. The summed E-state index contributed by atoms with van der Waals surface area (Å²) in [6.07, 6.45) is 7.09. The molecule has 0 aromatic heterocycles. The molecule has 0 unspecified atom stereocenters. The molecule has 2 fully saturated rings. The maximum atomic E-state index is 11.9. The standard InChI is InChI=1S/C11H16O/c1-9-5-4-8-11(9)7-3-2-6-10(11)12/h1-8H2/t11-/m0/s1/i1D. The van der Waals surface area contributed by atoms with Gasteiger partial charge in [-0.15, -0.1) is 0 Å². The first kappa shape index (κ1) is 6.88. The van der Waals surface area contributed by atoms with E-state index < -0.39 is 0 Å². The molecule has 0 amide bonds. The van der Waals surface area contributed by atoms with Gasteiger partial charge in [-0.25, -0.2) is 0 Å². The van der Waals surface area contributed by atoms with Gasteiger partial charge in [0.05, 0.1) is 1.37 Å². The summed E-state index contributed by atoms with van der Waals surface area (Å²) >= 11 is 0. The first-order chi connectivity index (χ1) is 6.29. The van der Waals surface area contributed by atoms with Crippen LogP contribution in [0.5, 0.6) is 0 Å². The Hall–Kier alpha value is -0.590. The molecule has 0 heterocycles. The quantitative estimate of drug-likeness (QED) is 0.504. The molecule has 1 atom stereocenters. The van der Waals surface area contributed by atoms with Gasteiger partial charge in [0.25, 0.3) is 0 Å². The predicted octanol–water partition coefficient (Wildman–Crippen LogP) is 2.86. The molecule has 66 valence electrons. The Kier molecular flexibility index (Phi) is 1.56. The number of hydrogen-bond donors (Lipinski definition) is 0. The molecule has 1 nitrogen and oxygen atoms in total. The Morgan fingerprint density at radius 2 is 2.08 bits per heavy atom. The largest absolute Gasteiger partial charge is 0.299 e. The molecule has 0 radical (unpaired) electrons. The van der Waals surface area contributed by atoms with Crippen LogP contribution >= 0.6 is 0 Å². The lowest BCUT2D eigenvalue weighted by Crippen LogP contribution is -2.32. The minimum absolute atomic E-state index is 0.167. The van der Waals surface area contributed by atoms with Crippen molar-refractivity contribution in [3.8, 4) is 0 Å². The Labute approximate surface area is 75.3 Å². The molecule has 2 aliphatic rings. The molecule has 0 aromatic carbocycles. The lowest BCUT2D eigenvalue weighted by molar-refractivity contribution is -0.128. The van der Waals surface area contributed by atoms with Gasteiger partial charge < -0.3 is 0 Å². The van der Waals surface area contributed by atoms with Crippen LogP contribution in [-0.4, -0.2) is 5.78 Å². The number of ketones is 1. The number of allylic oxidation sites excluding steroid dienone is 1. The van der Waals surface area contributed by atoms with E-state index in [1.165, 1.54) is 13.0 Å². The first-order valence-electron chi connectivity index (χ1n) is 5.48. The van der Waals surface area contributed by atoms with Crippen LogP contribution in [0.4, 0.5) is 0 Å². The molecule has 0 N–H and O–H groups in total. The summed E-state index contributed by atoms with van der Waals surface area (Å²) in [7, 11) is 0. The van der Waals surface area contributed by atoms with Gasteiger partial charge in [0, 0.05) is 11.8 Å². The van der Waals surface area contributed by atoms with Crippen molar-refractivity contribution in [1.82, 2.24) is 0 Å². The Balaban J connectivity index is 2.30. The minimum atomic E-state index is -0.167. The summed E-state index contributed by atoms with van der Waals surface area (Å²) in [6.45, 7) is 1.44. The second kappa shape index (κ2) is 2.72. The van der Waals surface area contributed by atoms with Gasteiger partial charge in [0.1, 0.15) is 5.78 Å². The highest BCUT2D eigenvalue weighted by Crippen LogP contribution is 2.49. The summed E-state index contributed by atoms with van der Waals surface area (Å²) in [5.41, 5.74) is 0.942. The molecular weight excluding hydrogens is 148 g/mol. The van der Waals surface area contributed by atoms with Crippen molar-refractivity contribution < 1.29 is 6.17 Å². The maximum absolute atomic E-state index is 11.9. The summed E-state index contributed by atoms with van der Waals surface area (Å²) in [4.78, 5) is 11.9. The van der Waals surface area contributed by atoms with E-state index in [1.54, 1.807) is 0 Å². The minimum Gasteiger partial charge on any atom is -0.299 e. The molecule has 1 heteroatoms. The predicted molar refractivity (Wildman–Crippen MR) is 48.9 cm³/mol. The molecular formula is C11H16O. The van der Waals surface area contributed by atoms with Crippen LogP contribution in [0.25, 0.3) is 0 Å². The summed E-state index contributed by atoms with van der Waals surface area (Å²) in [5, 5.41) is 0. The molecule has 1 spiro atoms. The Morgan fingerprint density at radius 3 is 2.83 bits per heavy atom. The van der Waals surface area contributed by atoms with Gasteiger partial charge in [-0.3, -0.25) is 4.79 Å². The lowest BCUT2D eigenvalue weighted by atomic mass is 9.70. The number of carbonyl (C=O) groups is 1. The van der Waals surface area contributed by atoms with Crippen molar-refractivity contribution in [2.45, 2.75) is 44.9 Å². The number of carbonyl (C=O) groups excluding carboxylic acids is 1. The van der Waals surface area contributed by atoms with E-state index in [4.69, 9.17) is 1.37 Å². The van der Waals surface area contributed by atoms with Crippen LogP contribution in [0.15, 0.2) is 12.1 Å². The van der Waals surface area contributed by atoms with Crippen LogP contribution in [-0.2, 0) is 4.79 Å². The van der Waals surface area contributed by atoms with Gasteiger partial charge in [-0.05, 0) is 32.1 Å². The number of Topliss-reactive ketones (excluding diaryl/α,β-unsaturated/α-hetero) is 1. The fraction of sp³-hybridized carbons (Fsp3) is 0.727. The van der Waals surface area contributed by atoms with Gasteiger partial charge >= 0.3 is 0 Å². The van der Waals surface area contributed by atoms with Crippen LogP contribution in [0, 0.1) is 5.41 Å². The molecule has 0 aromatic rings. The van der Waals surface area contributed by atoms with Crippen molar-refractivity contribution in [2.24, 2.45) is 5.41 Å². The zero-order valence-electron chi connectivity index (χ0n) is 8.44. The Morgan fingerprint density at radius 1 is 1.25 bits per heavy atom. The van der Waals surface area contributed by atoms with Crippen molar-refractivity contribution in [3.05, 3.63) is 12.1 Å². The van der Waals surface area contributed by atoms with E-state index >= 15 is 0 Å². The van der Waals surface area contributed by atoms with Gasteiger partial charge in [-0.1, -0.05) is 18.5 Å². The van der Waals surface area contributed by atoms with E-state index in [2.05, 4.69) is 0 Å². The van der Waals surface area contributed by atoms with Crippen LogP contribution in [0.3, 0.4) is 0 Å². The van der Waals surface area contributed by atoms with Gasteiger partial charge in [-0.2, -0.15) is 0 Å². The van der Waals surface area contributed by atoms with Crippen LogP contribution in [0.1, 0.15) is 46.3 Å². The smallest absolute Gasteiger partial charge is 0.143 e. The van der Waals surface area contributed by atoms with Crippen LogP contribution in [0.2, 0.25) is 0 Å². The molecule has 12 heavy (non-hydrogen) atoms. The number of hydrogen-bond acceptors (Lipinski definition) is 1. The fourth-order valence-electron chi connectivity index (χ4n) is 2.68. The zero-order chi connectivity index (χ0) is 9.31. The third-order valence-electron chi connectivity index (χ3n) is 3.46. The average molecular weight is 165 g/mol. The van der Waals surface area contributed by atoms with E-state index in [0.717, 1.165) is 44.1 Å². The topological polar surface area (TPSA) is 17.1 Å². The normalized spacial score (nSPS) is 40.8. The van der Waals surface area contributed by atoms with Crippen molar-refractivity contribution in [1.29, 1.82) is 0 Å². The first-order valence-corrected chi connectivity index (χ1v) is 4.91. The SMILES string of the molecule is [2H]C=C1CCC[C@@]12CCCCC2=O. The Bertz CT molecular complexity index is 257. The molecule has 0 saturated heterocycles. The van der Waals surface area contributed by atoms with E-state index in [-0.39, 0.29) is 5.41 Å².